The Kier molecular flexibility index (Phi) is 6.47. The minimum absolute atomic E-state index is 0.781. The SMILES string of the molecule is c1ccc(-c2ccc(-c3ccc(N(c4ccc(-c5ccccc5)cc4)c4cccc5oc6cccnc6c45)cc3)cc2)cc1. The zero-order chi connectivity index (χ0) is 29.3. The van der Waals surface area contributed by atoms with Crippen molar-refractivity contribution in [3.63, 3.8) is 0 Å². The van der Waals surface area contributed by atoms with Gasteiger partial charge in [-0.25, -0.2) is 0 Å². The number of fused-ring (bicyclic) bond motifs is 3. The normalized spacial score (nSPS) is 11.2. The van der Waals surface area contributed by atoms with Gasteiger partial charge in [0.05, 0.1) is 11.1 Å². The molecule has 8 aromatic rings. The fourth-order valence-corrected chi connectivity index (χ4v) is 5.96. The first-order valence-electron chi connectivity index (χ1n) is 14.8. The van der Waals surface area contributed by atoms with Crippen molar-refractivity contribution in [1.82, 2.24) is 4.98 Å². The Morgan fingerprint density at radius 1 is 0.386 bits per heavy atom. The monoisotopic (exact) mass is 564 g/mol. The fraction of sp³-hybridized carbons (Fsp3) is 0. The van der Waals surface area contributed by atoms with Crippen LogP contribution in [0, 0.1) is 0 Å². The Hall–Kier alpha value is -5.93. The van der Waals surface area contributed by atoms with Gasteiger partial charge < -0.3 is 9.32 Å². The van der Waals surface area contributed by atoms with E-state index in [1.807, 2.05) is 42.6 Å². The number of rotatable bonds is 6. The number of aromatic nitrogens is 1. The highest BCUT2D eigenvalue weighted by atomic mass is 16.3. The fourth-order valence-electron chi connectivity index (χ4n) is 5.96. The second kappa shape index (κ2) is 11.0. The summed E-state index contributed by atoms with van der Waals surface area (Å²) >= 11 is 0. The first-order chi connectivity index (χ1) is 21.8. The molecule has 0 aliphatic rings. The third-order valence-corrected chi connectivity index (χ3v) is 8.16. The number of benzene rings is 6. The van der Waals surface area contributed by atoms with Crippen molar-refractivity contribution in [2.45, 2.75) is 0 Å². The van der Waals surface area contributed by atoms with Gasteiger partial charge in [-0.3, -0.25) is 4.98 Å². The average molecular weight is 565 g/mol. The molecule has 3 heteroatoms. The molecule has 0 amide bonds. The van der Waals surface area contributed by atoms with Gasteiger partial charge in [0.2, 0.25) is 0 Å². The zero-order valence-corrected chi connectivity index (χ0v) is 24.0. The van der Waals surface area contributed by atoms with Gasteiger partial charge in [0.25, 0.3) is 0 Å². The van der Waals surface area contributed by atoms with Crippen LogP contribution in [0.5, 0.6) is 0 Å². The molecule has 0 fully saturated rings. The van der Waals surface area contributed by atoms with Crippen LogP contribution in [0.15, 0.2) is 174 Å². The van der Waals surface area contributed by atoms with Crippen molar-refractivity contribution in [2.24, 2.45) is 0 Å². The maximum Gasteiger partial charge on any atom is 0.153 e. The molecule has 0 bridgehead atoms. The number of anilines is 3. The van der Waals surface area contributed by atoms with E-state index in [9.17, 15) is 0 Å². The molecule has 0 unspecified atom stereocenters. The van der Waals surface area contributed by atoms with E-state index in [0.717, 1.165) is 39.1 Å². The number of nitrogens with zero attached hydrogens (tertiary/aromatic N) is 2. The van der Waals surface area contributed by atoms with Crippen molar-refractivity contribution >= 4 is 39.1 Å². The van der Waals surface area contributed by atoms with Gasteiger partial charge in [-0.15, -0.1) is 0 Å². The first-order valence-corrected chi connectivity index (χ1v) is 14.8. The molecule has 2 aromatic heterocycles. The Morgan fingerprint density at radius 2 is 0.841 bits per heavy atom. The van der Waals surface area contributed by atoms with Crippen molar-refractivity contribution in [3.05, 3.63) is 170 Å². The Morgan fingerprint density at radius 3 is 1.36 bits per heavy atom. The summed E-state index contributed by atoms with van der Waals surface area (Å²) in [7, 11) is 0. The largest absolute Gasteiger partial charge is 0.454 e. The summed E-state index contributed by atoms with van der Waals surface area (Å²) < 4.78 is 6.22. The van der Waals surface area contributed by atoms with Crippen molar-refractivity contribution in [2.75, 3.05) is 4.90 Å². The molecule has 6 aromatic carbocycles. The van der Waals surface area contributed by atoms with Crippen LogP contribution in [-0.2, 0) is 0 Å². The summed E-state index contributed by atoms with van der Waals surface area (Å²) in [6, 6.07) is 57.4. The van der Waals surface area contributed by atoms with E-state index in [-0.39, 0.29) is 0 Å². The second-order valence-electron chi connectivity index (χ2n) is 10.8. The van der Waals surface area contributed by atoms with E-state index >= 15 is 0 Å². The van der Waals surface area contributed by atoms with E-state index in [1.165, 1.54) is 33.4 Å². The van der Waals surface area contributed by atoms with E-state index in [1.54, 1.807) is 0 Å². The summed E-state index contributed by atoms with van der Waals surface area (Å²) in [4.78, 5) is 7.01. The smallest absolute Gasteiger partial charge is 0.153 e. The van der Waals surface area contributed by atoms with Crippen molar-refractivity contribution < 1.29 is 4.42 Å². The second-order valence-corrected chi connectivity index (χ2v) is 10.8. The number of pyridine rings is 1. The molecule has 0 saturated heterocycles. The summed E-state index contributed by atoms with van der Waals surface area (Å²) in [5.74, 6) is 0. The van der Waals surface area contributed by atoms with Gasteiger partial charge >= 0.3 is 0 Å². The maximum absolute atomic E-state index is 6.22. The van der Waals surface area contributed by atoms with E-state index < -0.39 is 0 Å². The molecule has 0 N–H and O–H groups in total. The third kappa shape index (κ3) is 4.71. The molecular formula is C41H28N2O. The van der Waals surface area contributed by atoms with Crippen molar-refractivity contribution in [3.8, 4) is 33.4 Å². The first kappa shape index (κ1) is 25.8. The van der Waals surface area contributed by atoms with Crippen LogP contribution in [0.1, 0.15) is 0 Å². The van der Waals surface area contributed by atoms with Crippen LogP contribution < -0.4 is 4.90 Å². The molecular weight excluding hydrogens is 536 g/mol. The lowest BCUT2D eigenvalue weighted by atomic mass is 10.00. The summed E-state index contributed by atoms with van der Waals surface area (Å²) in [5, 5.41) is 0.996. The van der Waals surface area contributed by atoms with Crippen LogP contribution in [0.2, 0.25) is 0 Å². The number of hydrogen-bond acceptors (Lipinski definition) is 3. The van der Waals surface area contributed by atoms with E-state index in [2.05, 4.69) is 132 Å². The summed E-state index contributed by atoms with van der Waals surface area (Å²) in [6.45, 7) is 0. The highest BCUT2D eigenvalue weighted by Crippen LogP contribution is 2.43. The molecule has 0 aliphatic heterocycles. The Labute approximate surface area is 256 Å². The van der Waals surface area contributed by atoms with Crippen LogP contribution in [0.25, 0.3) is 55.4 Å². The highest BCUT2D eigenvalue weighted by Gasteiger charge is 2.20. The third-order valence-electron chi connectivity index (χ3n) is 8.16. The molecule has 0 spiro atoms. The minimum atomic E-state index is 0.781. The maximum atomic E-state index is 6.22. The Balaban J connectivity index is 1.22. The standard InChI is InChI=1S/C41H28N2O/c1-3-9-29(10-4-1)31-16-18-32(19-17-31)34-22-26-36(27-23-34)43(35-24-20-33(21-25-35)30-11-5-2-6-12-30)37-13-7-14-38-40(37)41-39(44-38)15-8-28-42-41/h1-28H. The molecule has 44 heavy (non-hydrogen) atoms. The molecule has 2 heterocycles. The number of hydrogen-bond donors (Lipinski definition) is 0. The van der Waals surface area contributed by atoms with Crippen LogP contribution in [0.4, 0.5) is 17.1 Å². The van der Waals surface area contributed by atoms with Crippen LogP contribution in [-0.4, -0.2) is 4.98 Å². The zero-order valence-electron chi connectivity index (χ0n) is 24.0. The highest BCUT2D eigenvalue weighted by molar-refractivity contribution is 6.11. The minimum Gasteiger partial charge on any atom is -0.454 e. The Bertz CT molecular complexity index is 2180. The summed E-state index contributed by atoms with van der Waals surface area (Å²) in [6.07, 6.45) is 1.82. The average Bonchev–Trinajstić information content (AvgIpc) is 3.49. The predicted molar refractivity (Wildman–Crippen MR) is 183 cm³/mol. The van der Waals surface area contributed by atoms with Crippen LogP contribution >= 0.6 is 0 Å². The van der Waals surface area contributed by atoms with E-state index in [0.29, 0.717) is 0 Å². The molecule has 0 radical (unpaired) electrons. The molecule has 0 atom stereocenters. The topological polar surface area (TPSA) is 29.3 Å². The van der Waals surface area contributed by atoms with Crippen molar-refractivity contribution in [1.29, 1.82) is 0 Å². The van der Waals surface area contributed by atoms with Gasteiger partial charge in [0.15, 0.2) is 5.58 Å². The lowest BCUT2D eigenvalue weighted by Gasteiger charge is -2.26. The molecule has 8 rings (SSSR count). The molecule has 3 nitrogen and oxygen atoms in total. The van der Waals surface area contributed by atoms with Crippen LogP contribution in [0.3, 0.4) is 0 Å². The van der Waals surface area contributed by atoms with Gasteiger partial charge in [0, 0.05) is 17.6 Å². The predicted octanol–water partition coefficient (Wildman–Crippen LogP) is 11.5. The van der Waals surface area contributed by atoms with Gasteiger partial charge in [-0.1, -0.05) is 115 Å². The van der Waals surface area contributed by atoms with Gasteiger partial charge in [0.1, 0.15) is 11.1 Å². The van der Waals surface area contributed by atoms with Gasteiger partial charge in [-0.2, -0.15) is 0 Å². The van der Waals surface area contributed by atoms with Gasteiger partial charge in [-0.05, 0) is 81.9 Å². The molecule has 0 saturated carbocycles. The molecule has 208 valence electrons. The quantitative estimate of drug-likeness (QED) is 0.201. The lowest BCUT2D eigenvalue weighted by Crippen LogP contribution is -2.10. The lowest BCUT2D eigenvalue weighted by molar-refractivity contribution is 0.668. The summed E-state index contributed by atoms with van der Waals surface area (Å²) in [5.41, 5.74) is 12.7. The number of furan rings is 1. The molecule has 0 aliphatic carbocycles. The van der Waals surface area contributed by atoms with E-state index in [4.69, 9.17) is 9.40 Å².